The molecule has 1 heterocycles. The summed E-state index contributed by atoms with van der Waals surface area (Å²) in [6.45, 7) is 3.33. The van der Waals surface area contributed by atoms with E-state index in [2.05, 4.69) is 23.5 Å². The van der Waals surface area contributed by atoms with Crippen molar-refractivity contribution in [3.63, 3.8) is 0 Å². The first-order valence-electron chi connectivity index (χ1n) is 7.38. The first-order chi connectivity index (χ1) is 10.2. The van der Waals surface area contributed by atoms with E-state index in [9.17, 15) is 10.2 Å². The summed E-state index contributed by atoms with van der Waals surface area (Å²) in [5.74, 6) is 1.24. The van der Waals surface area contributed by atoms with Crippen molar-refractivity contribution in [3.05, 3.63) is 63.7 Å². The van der Waals surface area contributed by atoms with E-state index in [1.807, 2.05) is 51.9 Å². The van der Waals surface area contributed by atoms with Gasteiger partial charge >= 0.3 is 17.1 Å². The summed E-state index contributed by atoms with van der Waals surface area (Å²) in [5, 5.41) is 25.8. The molecular formula is C17H24FeN2O2+2. The average Bonchev–Trinajstić information content (AvgIpc) is 3.22. The van der Waals surface area contributed by atoms with Crippen LogP contribution in [0.4, 0.5) is 0 Å². The molecule has 3 aliphatic rings. The quantitative estimate of drug-likeness (QED) is 0.546. The Kier molecular flexibility index (Phi) is 10.2. The molecule has 3 fully saturated rings. The zero-order valence-corrected chi connectivity index (χ0v) is 13.8. The molecule has 4 N–H and O–H groups in total. The van der Waals surface area contributed by atoms with Crippen LogP contribution in [0, 0.1) is 63.7 Å². The summed E-state index contributed by atoms with van der Waals surface area (Å²) in [6, 6.07) is -0.110. The predicted octanol–water partition coefficient (Wildman–Crippen LogP) is 0.0823. The topological polar surface area (TPSA) is 64.5 Å². The minimum absolute atomic E-state index is 0. The summed E-state index contributed by atoms with van der Waals surface area (Å²) in [5.41, 5.74) is 0. The Labute approximate surface area is 146 Å². The van der Waals surface area contributed by atoms with Crippen LogP contribution in [0.3, 0.4) is 0 Å². The van der Waals surface area contributed by atoms with Crippen LogP contribution in [0.15, 0.2) is 0 Å². The third kappa shape index (κ3) is 6.46. The fourth-order valence-electron chi connectivity index (χ4n) is 2.47. The van der Waals surface area contributed by atoms with Crippen LogP contribution in [-0.2, 0) is 17.1 Å². The number of aliphatic hydroxyl groups is 2. The zero-order valence-electron chi connectivity index (χ0n) is 12.7. The maximum Gasteiger partial charge on any atom is 2.00 e. The number of nitrogens with one attached hydrogen (secondary N) is 2. The largest absolute Gasteiger partial charge is 2.00 e. The Morgan fingerprint density at radius 2 is 1.50 bits per heavy atom. The molecule has 0 aromatic rings. The summed E-state index contributed by atoms with van der Waals surface area (Å²) in [7, 11) is 0. The van der Waals surface area contributed by atoms with Crippen molar-refractivity contribution in [3.8, 4) is 0 Å². The minimum atomic E-state index is -0.679. The van der Waals surface area contributed by atoms with Crippen LogP contribution >= 0.6 is 0 Å². The third-order valence-electron chi connectivity index (χ3n) is 3.73. The molecule has 10 radical (unpaired) electrons. The molecule has 0 unspecified atom stereocenters. The van der Waals surface area contributed by atoms with E-state index in [4.69, 9.17) is 0 Å². The van der Waals surface area contributed by atoms with Gasteiger partial charge in [0.2, 0.25) is 0 Å². The molecule has 1 saturated heterocycles. The summed E-state index contributed by atoms with van der Waals surface area (Å²) < 4.78 is 0. The van der Waals surface area contributed by atoms with Crippen molar-refractivity contribution < 1.29 is 27.3 Å². The molecule has 4 nitrogen and oxygen atoms in total. The van der Waals surface area contributed by atoms with Crippen LogP contribution in [-0.4, -0.2) is 47.6 Å². The molecule has 2 aliphatic carbocycles. The van der Waals surface area contributed by atoms with E-state index in [0.29, 0.717) is 6.54 Å². The van der Waals surface area contributed by atoms with Gasteiger partial charge in [-0.1, -0.05) is 0 Å². The Hall–Kier alpha value is 0.359. The van der Waals surface area contributed by atoms with Gasteiger partial charge < -0.3 is 20.8 Å². The van der Waals surface area contributed by atoms with Crippen molar-refractivity contribution in [2.75, 3.05) is 13.1 Å². The second kappa shape index (κ2) is 11.0. The molecule has 0 amide bonds. The summed E-state index contributed by atoms with van der Waals surface area (Å²) in [6.07, 6.45) is 16.8. The SMILES string of the molecule is C[C@@H]1N[C@@H](CNC[C]2[CH][CH][CH][CH]2)[C@H](O)[C@@H]1O.[CH]1[CH][CH][CH][CH]1.[Fe+2]. The van der Waals surface area contributed by atoms with Crippen LogP contribution in [0.25, 0.3) is 0 Å². The first kappa shape index (κ1) is 20.4. The number of hydrogen-bond acceptors (Lipinski definition) is 4. The molecule has 3 rings (SSSR count). The van der Waals surface area contributed by atoms with Crippen molar-refractivity contribution in [2.24, 2.45) is 0 Å². The fourth-order valence-corrected chi connectivity index (χ4v) is 2.47. The first-order valence-corrected chi connectivity index (χ1v) is 7.38. The standard InChI is InChI=1S/C12H19N2O2.C5H5.Fe/c1-8-11(15)12(16)10(14-8)7-13-6-9-4-2-3-5-9;1-2-4-5-3-1;/h2-5,8,10-16H,6-7H2,1H3;1-5H;/q;;+2/t8-,10-,11+,12-;;/m0../s1. The molecule has 0 aromatic carbocycles. The molecule has 22 heavy (non-hydrogen) atoms. The van der Waals surface area contributed by atoms with Gasteiger partial charge in [0.15, 0.2) is 0 Å². The monoisotopic (exact) mass is 344 g/mol. The van der Waals surface area contributed by atoms with Crippen LogP contribution < -0.4 is 10.6 Å². The van der Waals surface area contributed by atoms with E-state index in [0.717, 1.165) is 6.54 Å². The normalized spacial score (nSPS) is 35.0. The van der Waals surface area contributed by atoms with E-state index in [1.165, 1.54) is 5.92 Å². The molecule has 0 aromatic heterocycles. The van der Waals surface area contributed by atoms with Crippen LogP contribution in [0.1, 0.15) is 6.92 Å². The van der Waals surface area contributed by atoms with Crippen LogP contribution in [0.2, 0.25) is 0 Å². The van der Waals surface area contributed by atoms with E-state index in [1.54, 1.807) is 0 Å². The maximum absolute atomic E-state index is 9.73. The molecule has 0 bridgehead atoms. The van der Waals surface area contributed by atoms with Gasteiger partial charge in [-0.2, -0.15) is 0 Å². The summed E-state index contributed by atoms with van der Waals surface area (Å²) >= 11 is 0. The fraction of sp³-hybridized carbons (Fsp3) is 0.412. The third-order valence-corrected chi connectivity index (χ3v) is 3.73. The molecule has 0 spiro atoms. The predicted molar refractivity (Wildman–Crippen MR) is 83.2 cm³/mol. The van der Waals surface area contributed by atoms with Gasteiger partial charge in [-0.3, -0.25) is 0 Å². The maximum atomic E-state index is 9.73. The molecule has 1 aliphatic heterocycles. The second-order valence-corrected chi connectivity index (χ2v) is 5.43. The van der Waals surface area contributed by atoms with E-state index in [-0.39, 0.29) is 29.2 Å². The van der Waals surface area contributed by atoms with Gasteiger partial charge in [0, 0.05) is 25.2 Å². The Bertz CT molecular complexity index is 276. The van der Waals surface area contributed by atoms with Gasteiger partial charge in [0.05, 0.1) is 12.2 Å². The smallest absolute Gasteiger partial charge is 0.389 e. The second-order valence-electron chi connectivity index (χ2n) is 5.43. The van der Waals surface area contributed by atoms with Crippen molar-refractivity contribution in [2.45, 2.75) is 31.2 Å². The van der Waals surface area contributed by atoms with E-state index >= 15 is 0 Å². The van der Waals surface area contributed by atoms with Crippen molar-refractivity contribution in [1.82, 2.24) is 10.6 Å². The zero-order chi connectivity index (χ0) is 15.1. The number of hydrogen-bond donors (Lipinski definition) is 4. The van der Waals surface area contributed by atoms with Gasteiger partial charge in [-0.05, 0) is 70.6 Å². The number of rotatable bonds is 4. The Morgan fingerprint density at radius 3 is 1.95 bits per heavy atom. The molecular weight excluding hydrogens is 320 g/mol. The molecule has 120 valence electrons. The molecule has 4 atom stereocenters. The summed E-state index contributed by atoms with van der Waals surface area (Å²) in [4.78, 5) is 0. The van der Waals surface area contributed by atoms with Crippen molar-refractivity contribution in [1.29, 1.82) is 0 Å². The molecule has 2 saturated carbocycles. The van der Waals surface area contributed by atoms with Gasteiger partial charge in [0.1, 0.15) is 0 Å². The average molecular weight is 344 g/mol. The van der Waals surface area contributed by atoms with Crippen LogP contribution in [0.5, 0.6) is 0 Å². The van der Waals surface area contributed by atoms with Gasteiger partial charge in [0.25, 0.3) is 0 Å². The number of aliphatic hydroxyl groups excluding tert-OH is 2. The molecule has 5 heteroatoms. The minimum Gasteiger partial charge on any atom is -0.389 e. The van der Waals surface area contributed by atoms with Gasteiger partial charge in [-0.25, -0.2) is 0 Å². The van der Waals surface area contributed by atoms with E-state index < -0.39 is 12.2 Å². The Balaban J connectivity index is 0.000000344. The van der Waals surface area contributed by atoms with Gasteiger partial charge in [-0.15, -0.1) is 0 Å². The Morgan fingerprint density at radius 1 is 0.955 bits per heavy atom. The van der Waals surface area contributed by atoms with Crippen molar-refractivity contribution >= 4 is 0 Å².